The zero-order chi connectivity index (χ0) is 33.5. The van der Waals surface area contributed by atoms with Crippen molar-refractivity contribution in [2.45, 2.75) is 96.1 Å². The number of hydrogen-bond donors (Lipinski definition) is 2. The number of halogens is 1. The molecule has 2 aliphatic heterocycles. The molecule has 5 rings (SSSR count). The molecule has 3 aliphatic rings. The molecule has 1 saturated carbocycles. The Morgan fingerprint density at radius 2 is 1.81 bits per heavy atom. The summed E-state index contributed by atoms with van der Waals surface area (Å²) >= 11 is 6.44. The second-order valence-corrected chi connectivity index (χ2v) is 15.8. The number of rotatable bonds is 14. The van der Waals surface area contributed by atoms with E-state index in [-0.39, 0.29) is 35.3 Å². The summed E-state index contributed by atoms with van der Waals surface area (Å²) in [5.74, 6) is 1.82. The molecule has 1 aliphatic carbocycles. The lowest BCUT2D eigenvalue weighted by molar-refractivity contribution is -0.202. The number of benzene rings is 2. The van der Waals surface area contributed by atoms with Crippen LogP contribution in [0.1, 0.15) is 93.6 Å². The zero-order valence-electron chi connectivity index (χ0n) is 28.8. The Hall–Kier alpha value is -2.17. The normalized spacial score (nSPS) is 26.3. The third-order valence-corrected chi connectivity index (χ3v) is 12.2. The molecule has 8 nitrogen and oxygen atoms in total. The molecule has 260 valence electrons. The quantitative estimate of drug-likeness (QED) is 0.224. The lowest BCUT2D eigenvalue weighted by atomic mass is 9.71. The lowest BCUT2D eigenvalue weighted by Crippen LogP contribution is -2.46. The highest BCUT2D eigenvalue weighted by Crippen LogP contribution is 2.43. The van der Waals surface area contributed by atoms with Crippen molar-refractivity contribution in [3.63, 3.8) is 0 Å². The number of carbonyl (C=O) groups excluding carboxylic acids is 1. The number of nitrogens with zero attached hydrogens (tertiary/aromatic N) is 1. The van der Waals surface area contributed by atoms with Crippen molar-refractivity contribution in [2.24, 2.45) is 17.8 Å². The fraction of sp³-hybridized carbons (Fsp3) is 0.649. The topological polar surface area (TPSA) is 89.1 Å². The first-order valence-corrected chi connectivity index (χ1v) is 19.2. The highest BCUT2D eigenvalue weighted by molar-refractivity contribution is 7.84. The molecular weight excluding hydrogens is 634 g/mol. The molecule has 2 aromatic rings. The summed E-state index contributed by atoms with van der Waals surface area (Å²) in [5, 5.41) is 3.86. The van der Waals surface area contributed by atoms with Crippen LogP contribution in [0.25, 0.3) is 0 Å². The molecule has 2 heterocycles. The molecule has 1 saturated heterocycles. The van der Waals surface area contributed by atoms with Gasteiger partial charge in [-0.05, 0) is 98.9 Å². The maximum Gasteiger partial charge on any atom is 0.263 e. The van der Waals surface area contributed by atoms with E-state index < -0.39 is 11.0 Å². The van der Waals surface area contributed by atoms with Gasteiger partial charge in [0.05, 0.1) is 36.8 Å². The Bertz CT molecular complexity index is 1370. The number of amides is 1. The van der Waals surface area contributed by atoms with Gasteiger partial charge in [-0.3, -0.25) is 9.52 Å². The van der Waals surface area contributed by atoms with Crippen LogP contribution in [0.5, 0.6) is 5.75 Å². The van der Waals surface area contributed by atoms with Gasteiger partial charge in [0.2, 0.25) is 0 Å². The van der Waals surface area contributed by atoms with Crippen molar-refractivity contribution in [2.75, 3.05) is 44.9 Å². The third kappa shape index (κ3) is 9.09. The van der Waals surface area contributed by atoms with E-state index in [1.807, 2.05) is 32.2 Å². The molecule has 0 aromatic heterocycles. The summed E-state index contributed by atoms with van der Waals surface area (Å²) in [4.78, 5) is 15.9. The molecule has 2 fully saturated rings. The SMILES string of the molecule is CCCc1cc(Cl)ccc1C1COc2ccc(C(=O)NS(=O)C(C)C(C)CCC)cc2N(CC2CCC2CC2OCC(NC)CO2)C1. The molecule has 6 unspecified atom stereocenters. The van der Waals surface area contributed by atoms with E-state index in [0.29, 0.717) is 37.2 Å². The van der Waals surface area contributed by atoms with Crippen molar-refractivity contribution < 1.29 is 23.2 Å². The summed E-state index contributed by atoms with van der Waals surface area (Å²) in [5.41, 5.74) is 3.94. The van der Waals surface area contributed by atoms with Crippen LogP contribution in [-0.4, -0.2) is 67.7 Å². The molecule has 47 heavy (non-hydrogen) atoms. The smallest absolute Gasteiger partial charge is 0.263 e. The van der Waals surface area contributed by atoms with Crippen molar-refractivity contribution in [3.05, 3.63) is 58.1 Å². The average Bonchev–Trinajstić information content (AvgIpc) is 3.24. The van der Waals surface area contributed by atoms with Gasteiger partial charge in [-0.1, -0.05) is 51.3 Å². The number of anilines is 1. The molecule has 0 spiro atoms. The minimum Gasteiger partial charge on any atom is -0.491 e. The molecule has 1 amide bonds. The number of likely N-dealkylation sites (N-methyl/N-ethyl adjacent to an activating group) is 1. The molecule has 2 aromatic carbocycles. The zero-order valence-corrected chi connectivity index (χ0v) is 30.3. The summed E-state index contributed by atoms with van der Waals surface area (Å²) in [7, 11) is 0.464. The van der Waals surface area contributed by atoms with Crippen molar-refractivity contribution in [1.82, 2.24) is 10.0 Å². The molecular formula is C37H54ClN3O5S. The fourth-order valence-corrected chi connectivity index (χ4v) is 8.40. The molecule has 0 bridgehead atoms. The van der Waals surface area contributed by atoms with Crippen LogP contribution in [0.2, 0.25) is 5.02 Å². The van der Waals surface area contributed by atoms with E-state index >= 15 is 0 Å². The van der Waals surface area contributed by atoms with Crippen LogP contribution in [0.4, 0.5) is 5.69 Å². The fourth-order valence-electron chi connectivity index (χ4n) is 7.16. The monoisotopic (exact) mass is 687 g/mol. The Morgan fingerprint density at radius 3 is 2.49 bits per heavy atom. The summed E-state index contributed by atoms with van der Waals surface area (Å²) in [6, 6.07) is 12.1. The minimum absolute atomic E-state index is 0.131. The van der Waals surface area contributed by atoms with E-state index in [4.69, 9.17) is 25.8 Å². The van der Waals surface area contributed by atoms with Crippen LogP contribution < -0.4 is 19.7 Å². The lowest BCUT2D eigenvalue weighted by Gasteiger charge is -2.43. The number of fused-ring (bicyclic) bond motifs is 1. The summed E-state index contributed by atoms with van der Waals surface area (Å²) in [6.45, 7) is 11.8. The van der Waals surface area contributed by atoms with Crippen LogP contribution >= 0.6 is 11.6 Å². The van der Waals surface area contributed by atoms with Crippen LogP contribution in [0.3, 0.4) is 0 Å². The van der Waals surface area contributed by atoms with Gasteiger partial charge < -0.3 is 24.4 Å². The second-order valence-electron chi connectivity index (χ2n) is 13.8. The minimum atomic E-state index is -1.47. The first-order valence-electron chi connectivity index (χ1n) is 17.6. The second kappa shape index (κ2) is 17.0. The van der Waals surface area contributed by atoms with Gasteiger partial charge in [0.1, 0.15) is 16.7 Å². The molecule has 0 radical (unpaired) electrons. The number of ether oxygens (including phenoxy) is 3. The maximum absolute atomic E-state index is 13.5. The Kier molecular flexibility index (Phi) is 13.0. The number of aryl methyl sites for hydroxylation is 1. The van der Waals surface area contributed by atoms with Gasteiger partial charge in [-0.15, -0.1) is 0 Å². The Morgan fingerprint density at radius 1 is 1.04 bits per heavy atom. The van der Waals surface area contributed by atoms with Gasteiger partial charge in [-0.2, -0.15) is 0 Å². The average molecular weight is 688 g/mol. The van der Waals surface area contributed by atoms with Crippen molar-refractivity contribution in [1.29, 1.82) is 0 Å². The van der Waals surface area contributed by atoms with E-state index in [1.165, 1.54) is 11.1 Å². The molecule has 6 atom stereocenters. The predicted octanol–water partition coefficient (Wildman–Crippen LogP) is 6.87. The number of nitrogens with one attached hydrogen (secondary N) is 2. The van der Waals surface area contributed by atoms with Gasteiger partial charge in [0, 0.05) is 36.0 Å². The van der Waals surface area contributed by atoms with Crippen LogP contribution in [0, 0.1) is 17.8 Å². The third-order valence-electron chi connectivity index (χ3n) is 10.5. The van der Waals surface area contributed by atoms with Crippen LogP contribution in [0.15, 0.2) is 36.4 Å². The first-order chi connectivity index (χ1) is 22.7. The number of carbonyl (C=O) groups is 1. The van der Waals surface area contributed by atoms with Gasteiger partial charge in [0.25, 0.3) is 5.91 Å². The largest absolute Gasteiger partial charge is 0.491 e. The highest BCUT2D eigenvalue weighted by Gasteiger charge is 2.37. The first kappa shape index (κ1) is 36.1. The summed E-state index contributed by atoms with van der Waals surface area (Å²) < 4.78 is 34.5. The van der Waals surface area contributed by atoms with E-state index in [9.17, 15) is 9.00 Å². The van der Waals surface area contributed by atoms with Crippen molar-refractivity contribution in [3.8, 4) is 5.75 Å². The van der Waals surface area contributed by atoms with Crippen molar-refractivity contribution >= 4 is 34.2 Å². The van der Waals surface area contributed by atoms with E-state index in [1.54, 1.807) is 6.07 Å². The predicted molar refractivity (Wildman–Crippen MR) is 191 cm³/mol. The molecule has 2 N–H and O–H groups in total. The van der Waals surface area contributed by atoms with Gasteiger partial charge in [0.15, 0.2) is 6.29 Å². The molecule has 10 heteroatoms. The van der Waals surface area contributed by atoms with Gasteiger partial charge in [-0.25, -0.2) is 4.21 Å². The standard InChI is InChI=1S/C37H54ClN3O5S/c1-6-8-24(3)25(4)47(43)40-37(42)28-12-15-35-34(17-28)41(19-29-11-10-26(29)18-36-45-22-32(39-5)23-46-36)20-30(21-44-35)33-14-13-31(38)16-27(33)9-7-2/h12-17,24-26,29-30,32,36,39H,6-11,18-23H2,1-5H3,(H,40,42). The van der Waals surface area contributed by atoms with E-state index in [0.717, 1.165) is 74.5 Å². The maximum atomic E-state index is 13.5. The van der Waals surface area contributed by atoms with Gasteiger partial charge >= 0.3 is 0 Å². The highest BCUT2D eigenvalue weighted by atomic mass is 35.5. The number of hydrogen-bond acceptors (Lipinski definition) is 7. The van der Waals surface area contributed by atoms with E-state index in [2.05, 4.69) is 47.8 Å². The Balaban J connectivity index is 1.37. The Labute approximate surface area is 289 Å². The van der Waals surface area contributed by atoms with Crippen LogP contribution in [-0.2, 0) is 26.9 Å². The summed E-state index contributed by atoms with van der Waals surface area (Å²) in [6.07, 6.45) is 7.01.